The molecule has 3 aromatic rings. The van der Waals surface area contributed by atoms with Crippen molar-refractivity contribution in [2.75, 3.05) is 23.8 Å². The molecule has 0 saturated carbocycles. The number of hydrogen-bond donors (Lipinski definition) is 1. The Balaban J connectivity index is 1.56. The van der Waals surface area contributed by atoms with Gasteiger partial charge in [0.05, 0.1) is 0 Å². The number of aromatic nitrogens is 2. The molecule has 4 heteroatoms. The van der Waals surface area contributed by atoms with Crippen LogP contribution in [0.2, 0.25) is 0 Å². The van der Waals surface area contributed by atoms with Crippen molar-refractivity contribution in [1.29, 1.82) is 0 Å². The second-order valence-electron chi connectivity index (χ2n) is 6.55. The van der Waals surface area contributed by atoms with E-state index in [2.05, 4.69) is 81.8 Å². The van der Waals surface area contributed by atoms with Crippen LogP contribution in [0.4, 0.5) is 11.8 Å². The van der Waals surface area contributed by atoms with Crippen LogP contribution in [0, 0.1) is 6.92 Å². The fraction of sp³-hybridized carbons (Fsp3) is 0.273. The molecule has 2 aromatic carbocycles. The van der Waals surface area contributed by atoms with E-state index in [0.717, 1.165) is 37.4 Å². The summed E-state index contributed by atoms with van der Waals surface area (Å²) in [5, 5.41) is 3.37. The SMILES string of the molecule is Cc1cc(N(C)Cc2ccccc2)nc(NCCCc2ccccc2)n1. The number of nitrogens with one attached hydrogen (secondary N) is 1. The Kier molecular flexibility index (Phi) is 6.20. The quantitative estimate of drug-likeness (QED) is 0.611. The van der Waals surface area contributed by atoms with Crippen LogP contribution in [0.1, 0.15) is 23.2 Å². The van der Waals surface area contributed by atoms with Crippen molar-refractivity contribution in [1.82, 2.24) is 9.97 Å². The zero-order chi connectivity index (χ0) is 18.2. The average Bonchev–Trinajstić information content (AvgIpc) is 2.66. The first-order valence-corrected chi connectivity index (χ1v) is 9.09. The molecule has 0 bridgehead atoms. The van der Waals surface area contributed by atoms with Crippen LogP contribution in [0.25, 0.3) is 0 Å². The largest absolute Gasteiger partial charge is 0.355 e. The summed E-state index contributed by atoms with van der Waals surface area (Å²) >= 11 is 0. The number of rotatable bonds is 8. The van der Waals surface area contributed by atoms with E-state index in [0.29, 0.717) is 5.95 Å². The van der Waals surface area contributed by atoms with Crippen LogP contribution in [0.5, 0.6) is 0 Å². The van der Waals surface area contributed by atoms with E-state index >= 15 is 0 Å². The number of benzene rings is 2. The van der Waals surface area contributed by atoms with Crippen LogP contribution >= 0.6 is 0 Å². The molecule has 0 aliphatic carbocycles. The van der Waals surface area contributed by atoms with Crippen molar-refractivity contribution in [2.45, 2.75) is 26.3 Å². The molecule has 0 aliphatic heterocycles. The zero-order valence-electron chi connectivity index (χ0n) is 15.5. The van der Waals surface area contributed by atoms with Crippen molar-refractivity contribution in [3.8, 4) is 0 Å². The highest BCUT2D eigenvalue weighted by molar-refractivity contribution is 5.44. The maximum absolute atomic E-state index is 4.68. The first-order valence-electron chi connectivity index (χ1n) is 9.09. The molecule has 0 atom stereocenters. The normalized spacial score (nSPS) is 10.5. The average molecular weight is 346 g/mol. The van der Waals surface area contributed by atoms with E-state index in [9.17, 15) is 0 Å². The Morgan fingerprint density at radius 3 is 2.23 bits per heavy atom. The van der Waals surface area contributed by atoms with Gasteiger partial charge in [0, 0.05) is 31.9 Å². The van der Waals surface area contributed by atoms with E-state index < -0.39 is 0 Å². The highest BCUT2D eigenvalue weighted by Crippen LogP contribution is 2.16. The van der Waals surface area contributed by atoms with Crippen LogP contribution in [0.15, 0.2) is 66.7 Å². The molecule has 0 amide bonds. The minimum Gasteiger partial charge on any atom is -0.355 e. The van der Waals surface area contributed by atoms with E-state index in [1.165, 1.54) is 11.1 Å². The van der Waals surface area contributed by atoms with Gasteiger partial charge in [-0.3, -0.25) is 0 Å². The molecule has 0 unspecified atom stereocenters. The Hall–Kier alpha value is -2.88. The molecule has 134 valence electrons. The molecule has 26 heavy (non-hydrogen) atoms. The van der Waals surface area contributed by atoms with Crippen molar-refractivity contribution in [3.05, 3.63) is 83.6 Å². The zero-order valence-corrected chi connectivity index (χ0v) is 15.5. The Bertz CT molecular complexity index is 803. The number of nitrogens with zero attached hydrogens (tertiary/aromatic N) is 3. The summed E-state index contributed by atoms with van der Waals surface area (Å²) in [4.78, 5) is 11.3. The topological polar surface area (TPSA) is 41.1 Å². The predicted molar refractivity (Wildman–Crippen MR) is 109 cm³/mol. The predicted octanol–water partition coefficient (Wildman–Crippen LogP) is 4.47. The highest BCUT2D eigenvalue weighted by Gasteiger charge is 2.07. The molecule has 4 nitrogen and oxygen atoms in total. The second-order valence-corrected chi connectivity index (χ2v) is 6.55. The van der Waals surface area contributed by atoms with Gasteiger partial charge < -0.3 is 10.2 Å². The Morgan fingerprint density at radius 2 is 1.54 bits per heavy atom. The van der Waals surface area contributed by atoms with Gasteiger partial charge in [-0.1, -0.05) is 60.7 Å². The minimum absolute atomic E-state index is 0.702. The lowest BCUT2D eigenvalue weighted by Crippen LogP contribution is -2.19. The highest BCUT2D eigenvalue weighted by atomic mass is 15.2. The third-order valence-electron chi connectivity index (χ3n) is 4.26. The van der Waals surface area contributed by atoms with Crippen molar-refractivity contribution in [3.63, 3.8) is 0 Å². The summed E-state index contributed by atoms with van der Waals surface area (Å²) in [7, 11) is 2.06. The standard InChI is InChI=1S/C22H26N4/c1-18-16-21(26(2)17-20-12-7-4-8-13-20)25-22(24-18)23-15-9-14-19-10-5-3-6-11-19/h3-8,10-13,16H,9,14-15,17H2,1-2H3,(H,23,24,25). The summed E-state index contributed by atoms with van der Waals surface area (Å²) in [5.74, 6) is 1.64. The van der Waals surface area contributed by atoms with Gasteiger partial charge in [0.1, 0.15) is 5.82 Å². The van der Waals surface area contributed by atoms with Crippen LogP contribution < -0.4 is 10.2 Å². The fourth-order valence-electron chi connectivity index (χ4n) is 2.90. The second kappa shape index (κ2) is 8.99. The molecule has 0 aliphatic rings. The molecule has 1 aromatic heterocycles. The summed E-state index contributed by atoms with van der Waals surface area (Å²) in [5.41, 5.74) is 3.60. The first-order chi connectivity index (χ1) is 12.7. The molecule has 0 fully saturated rings. The lowest BCUT2D eigenvalue weighted by atomic mass is 10.1. The summed E-state index contributed by atoms with van der Waals surface area (Å²) in [6.45, 7) is 3.70. The van der Waals surface area contributed by atoms with Gasteiger partial charge in [-0.15, -0.1) is 0 Å². The molecule has 0 spiro atoms. The first kappa shape index (κ1) is 17.9. The van der Waals surface area contributed by atoms with Gasteiger partial charge in [0.25, 0.3) is 0 Å². The Labute approximate surface area is 155 Å². The molecule has 1 heterocycles. The van der Waals surface area contributed by atoms with E-state index in [1.807, 2.05) is 19.1 Å². The number of aryl methyl sites for hydroxylation is 2. The lowest BCUT2D eigenvalue weighted by Gasteiger charge is -2.19. The van der Waals surface area contributed by atoms with Gasteiger partial charge in [0.15, 0.2) is 0 Å². The van der Waals surface area contributed by atoms with Crippen molar-refractivity contribution < 1.29 is 0 Å². The smallest absolute Gasteiger partial charge is 0.224 e. The van der Waals surface area contributed by atoms with Gasteiger partial charge in [-0.2, -0.15) is 4.98 Å². The molecule has 3 rings (SSSR count). The number of hydrogen-bond acceptors (Lipinski definition) is 4. The van der Waals surface area contributed by atoms with Crippen molar-refractivity contribution in [2.24, 2.45) is 0 Å². The molecular weight excluding hydrogens is 320 g/mol. The fourth-order valence-corrected chi connectivity index (χ4v) is 2.90. The number of anilines is 2. The van der Waals surface area contributed by atoms with Crippen LogP contribution in [-0.4, -0.2) is 23.6 Å². The van der Waals surface area contributed by atoms with Crippen LogP contribution in [0.3, 0.4) is 0 Å². The van der Waals surface area contributed by atoms with Crippen molar-refractivity contribution >= 4 is 11.8 Å². The minimum atomic E-state index is 0.702. The lowest BCUT2D eigenvalue weighted by molar-refractivity contribution is 0.843. The summed E-state index contributed by atoms with van der Waals surface area (Å²) in [6.07, 6.45) is 2.11. The summed E-state index contributed by atoms with van der Waals surface area (Å²) in [6, 6.07) is 23.0. The molecule has 0 radical (unpaired) electrons. The van der Waals surface area contributed by atoms with Gasteiger partial charge in [-0.05, 0) is 30.9 Å². The third kappa shape index (κ3) is 5.31. The van der Waals surface area contributed by atoms with Gasteiger partial charge in [-0.25, -0.2) is 4.98 Å². The van der Waals surface area contributed by atoms with E-state index in [1.54, 1.807) is 0 Å². The van der Waals surface area contributed by atoms with Gasteiger partial charge >= 0.3 is 0 Å². The third-order valence-corrected chi connectivity index (χ3v) is 4.26. The summed E-state index contributed by atoms with van der Waals surface area (Å²) < 4.78 is 0. The van der Waals surface area contributed by atoms with E-state index in [-0.39, 0.29) is 0 Å². The molecular formula is C22H26N4. The Morgan fingerprint density at radius 1 is 0.885 bits per heavy atom. The van der Waals surface area contributed by atoms with Crippen LogP contribution in [-0.2, 0) is 13.0 Å². The molecule has 0 saturated heterocycles. The monoisotopic (exact) mass is 346 g/mol. The van der Waals surface area contributed by atoms with Gasteiger partial charge in [0.2, 0.25) is 5.95 Å². The molecule has 1 N–H and O–H groups in total. The maximum atomic E-state index is 4.68. The van der Waals surface area contributed by atoms with E-state index in [4.69, 9.17) is 0 Å². The maximum Gasteiger partial charge on any atom is 0.224 e.